The van der Waals surface area contributed by atoms with Gasteiger partial charge in [0.2, 0.25) is 0 Å². The first-order chi connectivity index (χ1) is 8.21. The topological polar surface area (TPSA) is 58.6 Å². The number of benzene rings is 1. The Hall–Kier alpha value is -1.55. The Bertz CT molecular complexity index is 361. The van der Waals surface area contributed by atoms with Crippen LogP contribution in [0.2, 0.25) is 0 Å². The number of rotatable bonds is 6. The van der Waals surface area contributed by atoms with Gasteiger partial charge in [0.05, 0.1) is 12.7 Å². The number of anilines is 1. The summed E-state index contributed by atoms with van der Waals surface area (Å²) < 4.78 is 4.65. The maximum Gasteiger partial charge on any atom is 0.337 e. The Morgan fingerprint density at radius 2 is 2.29 bits per heavy atom. The second-order valence-corrected chi connectivity index (χ2v) is 3.91. The van der Waals surface area contributed by atoms with Gasteiger partial charge < -0.3 is 15.2 Å². The molecule has 94 valence electrons. The van der Waals surface area contributed by atoms with Crippen molar-refractivity contribution in [2.24, 2.45) is 5.92 Å². The minimum Gasteiger partial charge on any atom is -0.465 e. The summed E-state index contributed by atoms with van der Waals surface area (Å²) >= 11 is 0. The van der Waals surface area contributed by atoms with Gasteiger partial charge in [0.25, 0.3) is 0 Å². The van der Waals surface area contributed by atoms with Crippen LogP contribution in [-0.2, 0) is 4.74 Å². The zero-order valence-corrected chi connectivity index (χ0v) is 10.3. The predicted molar refractivity (Wildman–Crippen MR) is 67.1 cm³/mol. The molecule has 0 saturated carbocycles. The summed E-state index contributed by atoms with van der Waals surface area (Å²) in [7, 11) is 1.36. The zero-order valence-electron chi connectivity index (χ0n) is 10.3. The molecule has 2 N–H and O–H groups in total. The zero-order chi connectivity index (χ0) is 12.7. The number of hydrogen-bond acceptors (Lipinski definition) is 4. The SMILES string of the molecule is CCC(CO)CNc1cccc(C(=O)OC)c1. The average molecular weight is 237 g/mol. The van der Waals surface area contributed by atoms with Crippen LogP contribution in [0.4, 0.5) is 5.69 Å². The molecule has 0 amide bonds. The third-order valence-corrected chi connectivity index (χ3v) is 2.71. The van der Waals surface area contributed by atoms with Crippen LogP contribution in [0.3, 0.4) is 0 Å². The van der Waals surface area contributed by atoms with Crippen LogP contribution in [0.25, 0.3) is 0 Å². The number of ether oxygens (including phenoxy) is 1. The molecule has 1 atom stereocenters. The maximum atomic E-state index is 11.3. The van der Waals surface area contributed by atoms with E-state index in [0.29, 0.717) is 12.1 Å². The quantitative estimate of drug-likeness (QED) is 0.742. The third-order valence-electron chi connectivity index (χ3n) is 2.71. The number of aliphatic hydroxyl groups is 1. The third kappa shape index (κ3) is 4.07. The molecule has 0 fully saturated rings. The molecule has 4 nitrogen and oxygen atoms in total. The van der Waals surface area contributed by atoms with Crippen molar-refractivity contribution < 1.29 is 14.6 Å². The van der Waals surface area contributed by atoms with E-state index in [1.54, 1.807) is 18.2 Å². The van der Waals surface area contributed by atoms with Crippen LogP contribution in [0.1, 0.15) is 23.7 Å². The fraction of sp³-hybridized carbons (Fsp3) is 0.462. The van der Waals surface area contributed by atoms with Gasteiger partial charge >= 0.3 is 5.97 Å². The molecule has 0 saturated heterocycles. The van der Waals surface area contributed by atoms with Crippen molar-refractivity contribution in [3.63, 3.8) is 0 Å². The minimum atomic E-state index is -0.345. The van der Waals surface area contributed by atoms with E-state index in [4.69, 9.17) is 5.11 Å². The van der Waals surface area contributed by atoms with E-state index in [-0.39, 0.29) is 18.5 Å². The fourth-order valence-corrected chi connectivity index (χ4v) is 1.47. The molecule has 0 aliphatic rings. The number of carbonyl (C=O) groups excluding carboxylic acids is 1. The van der Waals surface area contributed by atoms with Crippen LogP contribution in [-0.4, -0.2) is 31.3 Å². The van der Waals surface area contributed by atoms with Crippen LogP contribution in [0.5, 0.6) is 0 Å². The van der Waals surface area contributed by atoms with Gasteiger partial charge in [-0.15, -0.1) is 0 Å². The summed E-state index contributed by atoms with van der Waals surface area (Å²) in [4.78, 5) is 11.3. The first-order valence-corrected chi connectivity index (χ1v) is 5.74. The Morgan fingerprint density at radius 3 is 2.88 bits per heavy atom. The van der Waals surface area contributed by atoms with Crippen molar-refractivity contribution in [1.29, 1.82) is 0 Å². The number of carbonyl (C=O) groups is 1. The van der Waals surface area contributed by atoms with Crippen molar-refractivity contribution in [2.45, 2.75) is 13.3 Å². The van der Waals surface area contributed by atoms with E-state index in [2.05, 4.69) is 10.1 Å². The van der Waals surface area contributed by atoms with E-state index in [0.717, 1.165) is 12.1 Å². The standard InChI is InChI=1S/C13H19NO3/c1-3-10(9-15)8-14-12-6-4-5-11(7-12)13(16)17-2/h4-7,10,14-15H,3,8-9H2,1-2H3. The lowest BCUT2D eigenvalue weighted by Crippen LogP contribution is -2.17. The molecule has 0 spiro atoms. The largest absolute Gasteiger partial charge is 0.465 e. The number of hydrogen-bond donors (Lipinski definition) is 2. The van der Waals surface area contributed by atoms with Crippen molar-refractivity contribution in [3.05, 3.63) is 29.8 Å². The van der Waals surface area contributed by atoms with Gasteiger partial charge in [-0.05, 0) is 30.5 Å². The number of nitrogens with one attached hydrogen (secondary N) is 1. The van der Waals surface area contributed by atoms with Crippen molar-refractivity contribution in [2.75, 3.05) is 25.6 Å². The van der Waals surface area contributed by atoms with Crippen LogP contribution in [0, 0.1) is 5.92 Å². The highest BCUT2D eigenvalue weighted by Crippen LogP contribution is 2.12. The van der Waals surface area contributed by atoms with Crippen molar-refractivity contribution in [3.8, 4) is 0 Å². The lowest BCUT2D eigenvalue weighted by atomic mass is 10.1. The van der Waals surface area contributed by atoms with E-state index in [9.17, 15) is 4.79 Å². The van der Waals surface area contributed by atoms with Crippen molar-refractivity contribution >= 4 is 11.7 Å². The molecule has 4 heteroatoms. The van der Waals surface area contributed by atoms with Crippen LogP contribution >= 0.6 is 0 Å². The summed E-state index contributed by atoms with van der Waals surface area (Å²) in [6.07, 6.45) is 0.917. The molecule has 0 aromatic heterocycles. The van der Waals surface area contributed by atoms with Gasteiger partial charge in [0.1, 0.15) is 0 Å². The van der Waals surface area contributed by atoms with E-state index >= 15 is 0 Å². The molecule has 0 radical (unpaired) electrons. The lowest BCUT2D eigenvalue weighted by molar-refractivity contribution is 0.0601. The van der Waals surface area contributed by atoms with Gasteiger partial charge in [-0.25, -0.2) is 4.79 Å². The van der Waals surface area contributed by atoms with Crippen LogP contribution < -0.4 is 5.32 Å². The monoisotopic (exact) mass is 237 g/mol. The lowest BCUT2D eigenvalue weighted by Gasteiger charge is -2.14. The summed E-state index contributed by atoms with van der Waals surface area (Å²) in [5, 5.41) is 12.3. The normalized spacial score (nSPS) is 11.9. The number of methoxy groups -OCH3 is 1. The molecule has 0 aliphatic heterocycles. The van der Waals surface area contributed by atoms with Crippen LogP contribution in [0.15, 0.2) is 24.3 Å². The molecule has 1 rings (SSSR count). The van der Waals surface area contributed by atoms with Gasteiger partial charge in [0.15, 0.2) is 0 Å². The molecular formula is C13H19NO3. The fourth-order valence-electron chi connectivity index (χ4n) is 1.47. The molecule has 17 heavy (non-hydrogen) atoms. The molecule has 0 bridgehead atoms. The van der Waals surface area contributed by atoms with E-state index in [1.807, 2.05) is 13.0 Å². The summed E-state index contributed by atoms with van der Waals surface area (Å²) in [6, 6.07) is 7.14. The summed E-state index contributed by atoms with van der Waals surface area (Å²) in [5.41, 5.74) is 1.38. The maximum absolute atomic E-state index is 11.3. The molecule has 1 aromatic rings. The summed E-state index contributed by atoms with van der Waals surface area (Å²) in [5.74, 6) is -0.111. The van der Waals surface area contributed by atoms with Gasteiger partial charge in [0, 0.05) is 18.8 Å². The summed E-state index contributed by atoms with van der Waals surface area (Å²) in [6.45, 7) is 2.89. The van der Waals surface area contributed by atoms with E-state index < -0.39 is 0 Å². The molecule has 1 aromatic carbocycles. The van der Waals surface area contributed by atoms with Gasteiger partial charge in [-0.3, -0.25) is 0 Å². The first-order valence-electron chi connectivity index (χ1n) is 5.74. The highest BCUT2D eigenvalue weighted by Gasteiger charge is 2.07. The highest BCUT2D eigenvalue weighted by atomic mass is 16.5. The molecule has 0 aliphatic carbocycles. The smallest absolute Gasteiger partial charge is 0.337 e. The molecular weight excluding hydrogens is 218 g/mol. The van der Waals surface area contributed by atoms with Gasteiger partial charge in [-0.1, -0.05) is 13.0 Å². The Balaban J connectivity index is 2.62. The Kier molecular flexibility index (Phi) is 5.49. The molecule has 0 heterocycles. The highest BCUT2D eigenvalue weighted by molar-refractivity contribution is 5.90. The molecule has 1 unspecified atom stereocenters. The van der Waals surface area contributed by atoms with Crippen molar-refractivity contribution in [1.82, 2.24) is 0 Å². The average Bonchev–Trinajstić information content (AvgIpc) is 2.39. The Morgan fingerprint density at radius 1 is 1.53 bits per heavy atom. The second-order valence-electron chi connectivity index (χ2n) is 3.91. The minimum absolute atomic E-state index is 0.167. The Labute approximate surface area is 102 Å². The second kappa shape index (κ2) is 6.91. The number of aliphatic hydroxyl groups excluding tert-OH is 1. The predicted octanol–water partition coefficient (Wildman–Crippen LogP) is 1.90. The first kappa shape index (κ1) is 13.5. The van der Waals surface area contributed by atoms with E-state index in [1.165, 1.54) is 7.11 Å². The number of esters is 1. The van der Waals surface area contributed by atoms with Gasteiger partial charge in [-0.2, -0.15) is 0 Å².